The maximum Gasteiger partial charge on any atom is 0.191 e. The number of aryl methyl sites for hydroxylation is 1. The summed E-state index contributed by atoms with van der Waals surface area (Å²) in [5.41, 5.74) is 2.32. The van der Waals surface area contributed by atoms with E-state index in [0.29, 0.717) is 26.4 Å². The van der Waals surface area contributed by atoms with Crippen LogP contribution >= 0.6 is 0 Å². The van der Waals surface area contributed by atoms with Crippen LogP contribution in [0.3, 0.4) is 0 Å². The minimum Gasteiger partial charge on any atom is -0.491 e. The van der Waals surface area contributed by atoms with E-state index in [2.05, 4.69) is 40.7 Å². The fourth-order valence-electron chi connectivity index (χ4n) is 2.50. The number of nitrogens with zero attached hydrogens (tertiary/aromatic N) is 1. The molecular formula is C19H31N3O2. The normalized spacial score (nSPS) is 14.5. The summed E-state index contributed by atoms with van der Waals surface area (Å²) in [5, 5.41) is 6.75. The summed E-state index contributed by atoms with van der Waals surface area (Å²) in [5.74, 6) is 2.69. The summed E-state index contributed by atoms with van der Waals surface area (Å²) in [6.07, 6.45) is 4.01. The molecule has 1 aliphatic rings. The van der Waals surface area contributed by atoms with Crippen molar-refractivity contribution in [2.24, 2.45) is 10.9 Å². The molecule has 1 aromatic rings. The monoisotopic (exact) mass is 333 g/mol. The van der Waals surface area contributed by atoms with E-state index >= 15 is 0 Å². The zero-order valence-corrected chi connectivity index (χ0v) is 15.2. The molecule has 5 nitrogen and oxygen atoms in total. The second-order valence-corrected chi connectivity index (χ2v) is 6.24. The van der Waals surface area contributed by atoms with Crippen LogP contribution < -0.4 is 15.4 Å². The van der Waals surface area contributed by atoms with Crippen LogP contribution in [-0.4, -0.2) is 39.4 Å². The van der Waals surface area contributed by atoms with Gasteiger partial charge < -0.3 is 20.1 Å². The van der Waals surface area contributed by atoms with Crippen molar-refractivity contribution in [3.8, 4) is 5.75 Å². The maximum absolute atomic E-state index is 5.88. The van der Waals surface area contributed by atoms with Crippen LogP contribution in [-0.2, 0) is 11.3 Å². The van der Waals surface area contributed by atoms with Crippen molar-refractivity contribution in [1.29, 1.82) is 0 Å². The number of ether oxygens (including phenoxy) is 2. The second-order valence-electron chi connectivity index (χ2n) is 6.24. The van der Waals surface area contributed by atoms with Gasteiger partial charge in [-0.15, -0.1) is 0 Å². The largest absolute Gasteiger partial charge is 0.491 e. The number of guanidine groups is 1. The van der Waals surface area contributed by atoms with Gasteiger partial charge in [-0.25, -0.2) is 0 Å². The first-order valence-corrected chi connectivity index (χ1v) is 8.97. The first kappa shape index (κ1) is 18.6. The highest BCUT2D eigenvalue weighted by molar-refractivity contribution is 5.79. The number of aliphatic imine (C=N–C) groups is 1. The average molecular weight is 333 g/mol. The summed E-state index contributed by atoms with van der Waals surface area (Å²) >= 11 is 0. The van der Waals surface area contributed by atoms with E-state index in [9.17, 15) is 0 Å². The quantitative estimate of drug-likeness (QED) is 0.393. The lowest BCUT2D eigenvalue weighted by molar-refractivity contribution is 0.110. The molecule has 0 unspecified atom stereocenters. The van der Waals surface area contributed by atoms with Crippen molar-refractivity contribution in [3.63, 3.8) is 0 Å². The molecule has 134 valence electrons. The smallest absolute Gasteiger partial charge is 0.191 e. The molecule has 1 aromatic carbocycles. The van der Waals surface area contributed by atoms with Gasteiger partial charge >= 0.3 is 0 Å². The molecule has 1 fully saturated rings. The van der Waals surface area contributed by atoms with Gasteiger partial charge in [-0.1, -0.05) is 25.0 Å². The third-order valence-corrected chi connectivity index (χ3v) is 4.12. The fraction of sp³-hybridized carbons (Fsp3) is 0.632. The SMILES string of the molecule is CCOCCOc1cc(C)ccc1CNC(=NC)NCCC1CC1. The van der Waals surface area contributed by atoms with E-state index in [1.165, 1.54) is 24.8 Å². The lowest BCUT2D eigenvalue weighted by Gasteiger charge is -2.15. The average Bonchev–Trinajstić information content (AvgIpc) is 3.40. The number of hydrogen-bond donors (Lipinski definition) is 2. The molecule has 0 spiro atoms. The third kappa shape index (κ3) is 6.79. The van der Waals surface area contributed by atoms with Crippen LogP contribution in [0.1, 0.15) is 37.3 Å². The van der Waals surface area contributed by atoms with Crippen molar-refractivity contribution in [2.75, 3.05) is 33.4 Å². The number of rotatable bonds is 10. The van der Waals surface area contributed by atoms with Gasteiger partial charge in [0.1, 0.15) is 12.4 Å². The van der Waals surface area contributed by atoms with Crippen LogP contribution in [0, 0.1) is 12.8 Å². The maximum atomic E-state index is 5.88. The van der Waals surface area contributed by atoms with Crippen LogP contribution in [0.2, 0.25) is 0 Å². The Labute approximate surface area is 145 Å². The Kier molecular flexibility index (Phi) is 7.89. The summed E-state index contributed by atoms with van der Waals surface area (Å²) < 4.78 is 11.2. The molecule has 2 rings (SSSR count). The van der Waals surface area contributed by atoms with E-state index in [1.807, 2.05) is 6.92 Å². The van der Waals surface area contributed by atoms with E-state index in [1.54, 1.807) is 7.05 Å². The van der Waals surface area contributed by atoms with Gasteiger partial charge in [0.05, 0.1) is 6.61 Å². The summed E-state index contributed by atoms with van der Waals surface area (Å²) in [6, 6.07) is 6.29. The van der Waals surface area contributed by atoms with Gasteiger partial charge in [0, 0.05) is 32.3 Å². The summed E-state index contributed by atoms with van der Waals surface area (Å²) in [6.45, 7) is 7.63. The van der Waals surface area contributed by atoms with Gasteiger partial charge in [-0.2, -0.15) is 0 Å². The van der Waals surface area contributed by atoms with Gasteiger partial charge in [-0.3, -0.25) is 4.99 Å². The van der Waals surface area contributed by atoms with Crippen molar-refractivity contribution >= 4 is 5.96 Å². The lowest BCUT2D eigenvalue weighted by atomic mass is 10.1. The number of hydrogen-bond acceptors (Lipinski definition) is 3. The van der Waals surface area contributed by atoms with E-state index < -0.39 is 0 Å². The molecule has 1 aliphatic carbocycles. The molecular weight excluding hydrogens is 302 g/mol. The Morgan fingerprint density at radius 3 is 2.79 bits per heavy atom. The van der Waals surface area contributed by atoms with Crippen molar-refractivity contribution in [1.82, 2.24) is 10.6 Å². The second kappa shape index (κ2) is 10.2. The van der Waals surface area contributed by atoms with E-state index in [-0.39, 0.29) is 0 Å². The minimum absolute atomic E-state index is 0.568. The van der Waals surface area contributed by atoms with Crippen LogP contribution in [0.5, 0.6) is 5.75 Å². The van der Waals surface area contributed by atoms with Crippen LogP contribution in [0.4, 0.5) is 0 Å². The number of nitrogens with one attached hydrogen (secondary N) is 2. The van der Waals surface area contributed by atoms with Crippen molar-refractivity contribution in [3.05, 3.63) is 29.3 Å². The van der Waals surface area contributed by atoms with Crippen LogP contribution in [0.15, 0.2) is 23.2 Å². The topological polar surface area (TPSA) is 54.9 Å². The molecule has 0 amide bonds. The molecule has 0 aromatic heterocycles. The van der Waals surface area contributed by atoms with E-state index in [0.717, 1.165) is 29.7 Å². The predicted molar refractivity (Wildman–Crippen MR) is 98.7 cm³/mol. The highest BCUT2D eigenvalue weighted by Crippen LogP contribution is 2.31. The van der Waals surface area contributed by atoms with Crippen LogP contribution in [0.25, 0.3) is 0 Å². The Bertz CT molecular complexity index is 527. The molecule has 24 heavy (non-hydrogen) atoms. The first-order chi connectivity index (χ1) is 11.7. The molecule has 0 saturated heterocycles. The third-order valence-electron chi connectivity index (χ3n) is 4.12. The fourth-order valence-corrected chi connectivity index (χ4v) is 2.50. The van der Waals surface area contributed by atoms with Gasteiger partial charge in [-0.05, 0) is 37.8 Å². The highest BCUT2D eigenvalue weighted by Gasteiger charge is 2.20. The Morgan fingerprint density at radius 1 is 1.25 bits per heavy atom. The van der Waals surface area contributed by atoms with E-state index in [4.69, 9.17) is 9.47 Å². The Balaban J connectivity index is 1.82. The molecule has 0 radical (unpaired) electrons. The Hall–Kier alpha value is -1.75. The molecule has 2 N–H and O–H groups in total. The zero-order valence-electron chi connectivity index (χ0n) is 15.2. The van der Waals surface area contributed by atoms with Crippen molar-refractivity contribution in [2.45, 2.75) is 39.7 Å². The van der Waals surface area contributed by atoms with Gasteiger partial charge in [0.25, 0.3) is 0 Å². The highest BCUT2D eigenvalue weighted by atomic mass is 16.5. The minimum atomic E-state index is 0.568. The number of benzene rings is 1. The molecule has 0 heterocycles. The molecule has 0 bridgehead atoms. The zero-order chi connectivity index (χ0) is 17.2. The Morgan fingerprint density at radius 2 is 2.08 bits per heavy atom. The molecule has 0 atom stereocenters. The standard InChI is InChI=1S/C19H31N3O2/c1-4-23-11-12-24-18-13-15(2)5-8-17(18)14-22-19(20-3)21-10-9-16-6-7-16/h5,8,13,16H,4,6-7,9-12,14H2,1-3H3,(H2,20,21,22). The van der Waals surface area contributed by atoms with Gasteiger partial charge in [0.2, 0.25) is 0 Å². The molecule has 5 heteroatoms. The lowest BCUT2D eigenvalue weighted by Crippen LogP contribution is -2.37. The molecule has 0 aliphatic heterocycles. The van der Waals surface area contributed by atoms with Crippen molar-refractivity contribution < 1.29 is 9.47 Å². The summed E-state index contributed by atoms with van der Waals surface area (Å²) in [7, 11) is 1.81. The first-order valence-electron chi connectivity index (χ1n) is 8.97. The molecule has 1 saturated carbocycles. The van der Waals surface area contributed by atoms with Gasteiger partial charge in [0.15, 0.2) is 5.96 Å². The summed E-state index contributed by atoms with van der Waals surface area (Å²) in [4.78, 5) is 4.29. The predicted octanol–water partition coefficient (Wildman–Crippen LogP) is 2.88.